The Morgan fingerprint density at radius 2 is 1.94 bits per heavy atom. The maximum absolute atomic E-state index is 11.0. The number of rotatable bonds is 2. The Balaban J connectivity index is 2.06. The summed E-state index contributed by atoms with van der Waals surface area (Å²) >= 11 is 0. The molecule has 0 saturated heterocycles. The van der Waals surface area contributed by atoms with Crippen molar-refractivity contribution in [3.8, 4) is 0 Å². The number of carbonyl (C=O) groups excluding carboxylic acids is 1. The van der Waals surface area contributed by atoms with Crippen molar-refractivity contribution in [2.24, 2.45) is 0 Å². The van der Waals surface area contributed by atoms with Crippen LogP contribution in [0.5, 0.6) is 0 Å². The molecular weight excluding hydrogens is 216 g/mol. The van der Waals surface area contributed by atoms with Gasteiger partial charge in [-0.1, -0.05) is 30.3 Å². The number of hydrogen-bond donors (Lipinski definition) is 1. The fraction of sp³-hybridized carbons (Fsp3) is 0.500. The second-order valence-corrected chi connectivity index (χ2v) is 4.70. The Kier molecular flexibility index (Phi) is 3.79. The van der Waals surface area contributed by atoms with Crippen LogP contribution in [0.1, 0.15) is 37.7 Å². The minimum atomic E-state index is -0.377. The molecule has 3 heteroatoms. The van der Waals surface area contributed by atoms with E-state index in [1.807, 2.05) is 18.2 Å². The average molecular weight is 234 g/mol. The molecule has 1 aliphatic carbocycles. The Morgan fingerprint density at radius 3 is 2.59 bits per heavy atom. The molecule has 1 N–H and O–H groups in total. The van der Waals surface area contributed by atoms with Crippen molar-refractivity contribution in [1.29, 1.82) is 0 Å². The summed E-state index contributed by atoms with van der Waals surface area (Å²) in [5.41, 5.74) is 1.21. The third-order valence-electron chi connectivity index (χ3n) is 3.24. The first-order valence-corrected chi connectivity index (χ1v) is 6.05. The lowest BCUT2D eigenvalue weighted by Crippen LogP contribution is -2.31. The molecule has 0 radical (unpaired) electrons. The molecule has 0 bridgehead atoms. The standard InChI is InChI=1S/C14H18O3/c1-10(15)17-14-8-12(7-13(16)9-14)11-5-3-2-4-6-11/h2-6,12-14,16H,7-9H2,1H3. The molecule has 3 nitrogen and oxygen atoms in total. The molecule has 0 spiro atoms. The van der Waals surface area contributed by atoms with Crippen LogP contribution in [0.25, 0.3) is 0 Å². The van der Waals surface area contributed by atoms with E-state index in [1.165, 1.54) is 12.5 Å². The molecule has 0 amide bonds. The summed E-state index contributed by atoms with van der Waals surface area (Å²) in [7, 11) is 0. The molecule has 3 unspecified atom stereocenters. The summed E-state index contributed by atoms with van der Waals surface area (Å²) in [5, 5.41) is 9.83. The van der Waals surface area contributed by atoms with Crippen LogP contribution in [0, 0.1) is 0 Å². The number of ether oxygens (including phenoxy) is 1. The van der Waals surface area contributed by atoms with Crippen LogP contribution in [0.2, 0.25) is 0 Å². The van der Waals surface area contributed by atoms with Crippen molar-refractivity contribution in [2.75, 3.05) is 0 Å². The number of esters is 1. The Morgan fingerprint density at radius 1 is 1.24 bits per heavy atom. The summed E-state index contributed by atoms with van der Waals surface area (Å²) in [6, 6.07) is 10.1. The number of hydrogen-bond acceptors (Lipinski definition) is 3. The zero-order valence-electron chi connectivity index (χ0n) is 10.0. The van der Waals surface area contributed by atoms with E-state index in [0.717, 1.165) is 12.8 Å². The zero-order chi connectivity index (χ0) is 12.3. The summed E-state index contributed by atoms with van der Waals surface area (Å²) < 4.78 is 5.21. The predicted molar refractivity (Wildman–Crippen MR) is 64.6 cm³/mol. The molecular formula is C14H18O3. The molecule has 0 aliphatic heterocycles. The quantitative estimate of drug-likeness (QED) is 0.798. The van der Waals surface area contributed by atoms with E-state index in [1.54, 1.807) is 0 Å². The molecule has 0 aromatic heterocycles. The van der Waals surface area contributed by atoms with Gasteiger partial charge in [0.25, 0.3) is 0 Å². The van der Waals surface area contributed by atoms with Gasteiger partial charge < -0.3 is 9.84 Å². The SMILES string of the molecule is CC(=O)OC1CC(O)CC(c2ccccc2)C1. The number of aliphatic hydroxyl groups excluding tert-OH is 1. The summed E-state index contributed by atoms with van der Waals surface area (Å²) in [5.74, 6) is 0.0141. The molecule has 1 aromatic carbocycles. The van der Waals surface area contributed by atoms with E-state index in [0.29, 0.717) is 6.42 Å². The van der Waals surface area contributed by atoms with Crippen LogP contribution < -0.4 is 0 Å². The van der Waals surface area contributed by atoms with Gasteiger partial charge in [0.2, 0.25) is 0 Å². The van der Waals surface area contributed by atoms with Crippen molar-refractivity contribution in [3.63, 3.8) is 0 Å². The van der Waals surface area contributed by atoms with Gasteiger partial charge in [0.15, 0.2) is 0 Å². The Bertz CT molecular complexity index is 374. The fourth-order valence-corrected chi connectivity index (χ4v) is 2.57. The maximum atomic E-state index is 11.0. The molecule has 3 atom stereocenters. The van der Waals surface area contributed by atoms with Gasteiger partial charge in [-0.2, -0.15) is 0 Å². The third kappa shape index (κ3) is 3.30. The highest BCUT2D eigenvalue weighted by atomic mass is 16.5. The predicted octanol–water partition coefficient (Wildman–Crippen LogP) is 2.25. The van der Waals surface area contributed by atoms with Gasteiger partial charge in [0, 0.05) is 13.3 Å². The van der Waals surface area contributed by atoms with Crippen molar-refractivity contribution < 1.29 is 14.6 Å². The summed E-state index contributed by atoms with van der Waals surface area (Å²) in [6.45, 7) is 1.42. The minimum absolute atomic E-state index is 0.151. The first-order valence-electron chi connectivity index (χ1n) is 6.05. The molecule has 1 saturated carbocycles. The smallest absolute Gasteiger partial charge is 0.302 e. The normalized spacial score (nSPS) is 28.7. The van der Waals surface area contributed by atoms with E-state index in [2.05, 4.69) is 12.1 Å². The highest BCUT2D eigenvalue weighted by molar-refractivity contribution is 5.66. The molecule has 92 valence electrons. The molecule has 1 fully saturated rings. The second kappa shape index (κ2) is 5.32. The van der Waals surface area contributed by atoms with Crippen LogP contribution in [-0.2, 0) is 9.53 Å². The monoisotopic (exact) mass is 234 g/mol. The average Bonchev–Trinajstić information content (AvgIpc) is 2.28. The number of benzene rings is 1. The Hall–Kier alpha value is -1.35. The fourth-order valence-electron chi connectivity index (χ4n) is 2.57. The van der Waals surface area contributed by atoms with E-state index in [9.17, 15) is 9.90 Å². The highest BCUT2D eigenvalue weighted by Crippen LogP contribution is 2.34. The molecule has 2 rings (SSSR count). The van der Waals surface area contributed by atoms with Gasteiger partial charge >= 0.3 is 5.97 Å². The van der Waals surface area contributed by atoms with Crippen molar-refractivity contribution >= 4 is 5.97 Å². The first-order chi connectivity index (χ1) is 8.15. The molecule has 0 heterocycles. The minimum Gasteiger partial charge on any atom is -0.462 e. The largest absolute Gasteiger partial charge is 0.462 e. The van der Waals surface area contributed by atoms with Gasteiger partial charge in [0.1, 0.15) is 6.10 Å². The van der Waals surface area contributed by atoms with Crippen molar-refractivity contribution in [3.05, 3.63) is 35.9 Å². The lowest BCUT2D eigenvalue weighted by Gasteiger charge is -2.32. The summed E-state index contributed by atoms with van der Waals surface area (Å²) in [6.07, 6.45) is 1.59. The molecule has 17 heavy (non-hydrogen) atoms. The maximum Gasteiger partial charge on any atom is 0.302 e. The van der Waals surface area contributed by atoms with E-state index in [4.69, 9.17) is 4.74 Å². The topological polar surface area (TPSA) is 46.5 Å². The number of carbonyl (C=O) groups is 1. The third-order valence-corrected chi connectivity index (χ3v) is 3.24. The lowest BCUT2D eigenvalue weighted by molar-refractivity contribution is -0.149. The van der Waals surface area contributed by atoms with Crippen molar-refractivity contribution in [2.45, 2.75) is 44.3 Å². The van der Waals surface area contributed by atoms with Crippen molar-refractivity contribution in [1.82, 2.24) is 0 Å². The van der Waals surface area contributed by atoms with Gasteiger partial charge in [-0.05, 0) is 24.3 Å². The van der Waals surface area contributed by atoms with Gasteiger partial charge in [-0.25, -0.2) is 0 Å². The van der Waals surface area contributed by atoms with Gasteiger partial charge in [0.05, 0.1) is 6.10 Å². The van der Waals surface area contributed by atoms with Gasteiger partial charge in [-0.3, -0.25) is 4.79 Å². The van der Waals surface area contributed by atoms with E-state index >= 15 is 0 Å². The highest BCUT2D eigenvalue weighted by Gasteiger charge is 2.30. The van der Waals surface area contributed by atoms with E-state index < -0.39 is 0 Å². The van der Waals surface area contributed by atoms with Crippen LogP contribution >= 0.6 is 0 Å². The second-order valence-electron chi connectivity index (χ2n) is 4.70. The molecule has 1 aliphatic rings. The molecule has 1 aromatic rings. The van der Waals surface area contributed by atoms with E-state index in [-0.39, 0.29) is 24.1 Å². The lowest BCUT2D eigenvalue weighted by atomic mass is 9.81. The summed E-state index contributed by atoms with van der Waals surface area (Å²) in [4.78, 5) is 11.0. The van der Waals surface area contributed by atoms with Crippen LogP contribution in [0.3, 0.4) is 0 Å². The van der Waals surface area contributed by atoms with Crippen LogP contribution in [-0.4, -0.2) is 23.3 Å². The van der Waals surface area contributed by atoms with Crippen LogP contribution in [0.15, 0.2) is 30.3 Å². The number of aliphatic hydroxyl groups is 1. The van der Waals surface area contributed by atoms with Crippen LogP contribution in [0.4, 0.5) is 0 Å². The first kappa shape index (κ1) is 12.1. The van der Waals surface area contributed by atoms with Gasteiger partial charge in [-0.15, -0.1) is 0 Å². The zero-order valence-corrected chi connectivity index (χ0v) is 10.0. The Labute approximate surface area is 101 Å².